The van der Waals surface area contributed by atoms with E-state index >= 15 is 0 Å². The van der Waals surface area contributed by atoms with E-state index in [0.29, 0.717) is 0 Å². The molecule has 80 valence electrons. The van der Waals surface area contributed by atoms with E-state index < -0.39 is 15.9 Å². The topological polar surface area (TPSA) is 71.5 Å². The fraction of sp³-hybridized carbons (Fsp3) is 0.111. The molecule has 1 rings (SSSR count). The van der Waals surface area contributed by atoms with Gasteiger partial charge in [-0.05, 0) is 12.1 Å². The van der Waals surface area contributed by atoms with Gasteiger partial charge in [-0.15, -0.1) is 0 Å². The van der Waals surface area contributed by atoms with E-state index in [9.17, 15) is 18.0 Å². The van der Waals surface area contributed by atoms with Crippen LogP contribution in [0.4, 0.5) is 0 Å². The summed E-state index contributed by atoms with van der Waals surface area (Å²) >= 11 is 0. The van der Waals surface area contributed by atoms with Crippen molar-refractivity contribution in [1.29, 1.82) is 0 Å². The number of carbonyl (C=O) groups is 2. The zero-order chi connectivity index (χ0) is 11.5. The lowest BCUT2D eigenvalue weighted by Gasteiger charge is -2.12. The molecule has 0 N–H and O–H groups in total. The van der Waals surface area contributed by atoms with Crippen LogP contribution >= 0.6 is 0 Å². The number of amides is 2. The highest BCUT2D eigenvalue weighted by atomic mass is 32.2. The van der Waals surface area contributed by atoms with Gasteiger partial charge in [0.15, 0.2) is 0 Å². The highest BCUT2D eigenvalue weighted by Gasteiger charge is 2.23. The average Bonchev–Trinajstić information content (AvgIpc) is 2.18. The van der Waals surface area contributed by atoms with Gasteiger partial charge < -0.3 is 0 Å². The summed E-state index contributed by atoms with van der Waals surface area (Å²) in [4.78, 5) is 22.0. The summed E-state index contributed by atoms with van der Waals surface area (Å²) in [7, 11) is -3.85. The summed E-state index contributed by atoms with van der Waals surface area (Å²) in [6, 6.07) is 7.72. The van der Waals surface area contributed by atoms with Crippen molar-refractivity contribution in [2.24, 2.45) is 0 Å². The van der Waals surface area contributed by atoms with E-state index in [4.69, 9.17) is 0 Å². The number of hydrogen-bond acceptors (Lipinski definition) is 4. The van der Waals surface area contributed by atoms with Gasteiger partial charge in [0, 0.05) is 5.56 Å². The molecule has 0 spiro atoms. The molecule has 2 amide bonds. The molecule has 0 aliphatic carbocycles. The predicted molar refractivity (Wildman–Crippen MR) is 53.5 cm³/mol. The van der Waals surface area contributed by atoms with Crippen LogP contribution in [0.5, 0.6) is 0 Å². The summed E-state index contributed by atoms with van der Waals surface area (Å²) in [6.07, 6.45) is 0.785. The lowest BCUT2D eigenvalue weighted by atomic mass is 10.2. The van der Waals surface area contributed by atoms with Gasteiger partial charge in [0.05, 0.1) is 6.26 Å². The second kappa shape index (κ2) is 4.22. The summed E-state index contributed by atoms with van der Waals surface area (Å²) in [5.41, 5.74) is 0.148. The third kappa shape index (κ3) is 2.63. The quantitative estimate of drug-likeness (QED) is 0.694. The second-order valence-electron chi connectivity index (χ2n) is 2.84. The molecule has 0 bridgehead atoms. The second-order valence-corrected chi connectivity index (χ2v) is 4.69. The van der Waals surface area contributed by atoms with Crippen molar-refractivity contribution in [1.82, 2.24) is 4.31 Å². The van der Waals surface area contributed by atoms with E-state index in [1.807, 2.05) is 0 Å². The highest BCUT2D eigenvalue weighted by molar-refractivity contribution is 7.89. The van der Waals surface area contributed by atoms with E-state index in [2.05, 4.69) is 0 Å². The van der Waals surface area contributed by atoms with Crippen molar-refractivity contribution < 1.29 is 18.0 Å². The van der Waals surface area contributed by atoms with Crippen LogP contribution in [0, 0.1) is 0 Å². The van der Waals surface area contributed by atoms with Gasteiger partial charge in [0.1, 0.15) is 0 Å². The minimum atomic E-state index is -3.85. The number of rotatable bonds is 3. The molecular formula is C9H9NO4S. The Morgan fingerprint density at radius 1 is 1.27 bits per heavy atom. The summed E-state index contributed by atoms with van der Waals surface area (Å²) in [5, 5.41) is 0. The maximum atomic E-state index is 11.5. The molecular weight excluding hydrogens is 218 g/mol. The molecule has 6 heteroatoms. The van der Waals surface area contributed by atoms with Gasteiger partial charge in [-0.25, -0.2) is 8.42 Å². The van der Waals surface area contributed by atoms with Gasteiger partial charge in [-0.2, -0.15) is 4.31 Å². The van der Waals surface area contributed by atoms with E-state index in [-0.39, 0.29) is 16.3 Å². The molecule has 0 heterocycles. The molecule has 0 atom stereocenters. The molecule has 0 saturated carbocycles. The van der Waals surface area contributed by atoms with Crippen LogP contribution in [-0.2, 0) is 14.8 Å². The van der Waals surface area contributed by atoms with Crippen LogP contribution in [0.2, 0.25) is 0 Å². The number of sulfonamides is 1. The number of benzene rings is 1. The van der Waals surface area contributed by atoms with Crippen LogP contribution < -0.4 is 0 Å². The molecule has 0 aromatic heterocycles. The first-order valence-electron chi connectivity index (χ1n) is 4.01. The Balaban J connectivity index is 3.09. The molecule has 1 aromatic carbocycles. The Bertz CT molecular complexity index is 466. The van der Waals surface area contributed by atoms with E-state index in [1.165, 1.54) is 12.1 Å². The maximum absolute atomic E-state index is 11.5. The van der Waals surface area contributed by atoms with Crippen molar-refractivity contribution in [2.75, 3.05) is 6.26 Å². The smallest absolute Gasteiger partial charge is 0.274 e. The van der Waals surface area contributed by atoms with Crippen LogP contribution in [-0.4, -0.2) is 31.3 Å². The largest absolute Gasteiger partial charge is 0.277 e. The SMILES string of the molecule is CS(=O)(=O)N(C=O)C(=O)c1ccccc1. The molecule has 0 aliphatic heterocycles. The van der Waals surface area contributed by atoms with Gasteiger partial charge in [-0.3, -0.25) is 9.59 Å². The fourth-order valence-electron chi connectivity index (χ4n) is 0.985. The third-order valence-corrected chi connectivity index (χ3v) is 2.64. The number of carbonyl (C=O) groups excluding carboxylic acids is 2. The van der Waals surface area contributed by atoms with Crippen molar-refractivity contribution in [3.05, 3.63) is 35.9 Å². The minimum absolute atomic E-state index is 0.00926. The summed E-state index contributed by atoms with van der Waals surface area (Å²) in [5.74, 6) is -0.854. The third-order valence-electron chi connectivity index (χ3n) is 1.67. The first-order chi connectivity index (χ1) is 6.96. The Hall–Kier alpha value is -1.69. The maximum Gasteiger partial charge on any atom is 0.274 e. The van der Waals surface area contributed by atoms with Crippen LogP contribution in [0.25, 0.3) is 0 Å². The van der Waals surface area contributed by atoms with Crippen molar-refractivity contribution >= 4 is 22.3 Å². The number of hydrogen-bond donors (Lipinski definition) is 0. The zero-order valence-electron chi connectivity index (χ0n) is 7.95. The first-order valence-corrected chi connectivity index (χ1v) is 5.85. The summed E-state index contributed by atoms with van der Waals surface area (Å²) in [6.45, 7) is 0. The number of imide groups is 1. The van der Waals surface area contributed by atoms with E-state index in [1.54, 1.807) is 18.2 Å². The van der Waals surface area contributed by atoms with Gasteiger partial charge in [0.25, 0.3) is 5.91 Å². The monoisotopic (exact) mass is 227 g/mol. The van der Waals surface area contributed by atoms with Gasteiger partial charge in [-0.1, -0.05) is 18.2 Å². The standard InChI is InChI=1S/C9H9NO4S/c1-15(13,14)10(7-11)9(12)8-5-3-2-4-6-8/h2-7H,1H3. The number of nitrogens with zero attached hydrogens (tertiary/aromatic N) is 1. The molecule has 15 heavy (non-hydrogen) atoms. The van der Waals surface area contributed by atoms with Gasteiger partial charge in [0.2, 0.25) is 16.4 Å². The Kier molecular flexibility index (Phi) is 3.21. The molecule has 1 aromatic rings. The Morgan fingerprint density at radius 3 is 2.20 bits per heavy atom. The van der Waals surface area contributed by atoms with Crippen molar-refractivity contribution in [3.8, 4) is 0 Å². The normalized spacial score (nSPS) is 10.7. The molecule has 0 unspecified atom stereocenters. The molecule has 0 aliphatic rings. The highest BCUT2D eigenvalue weighted by Crippen LogP contribution is 2.05. The van der Waals surface area contributed by atoms with E-state index in [0.717, 1.165) is 6.26 Å². The first kappa shape index (κ1) is 11.4. The minimum Gasteiger partial charge on any atom is -0.277 e. The average molecular weight is 227 g/mol. The Labute approximate surface area is 87.4 Å². The molecule has 5 nitrogen and oxygen atoms in total. The van der Waals surface area contributed by atoms with Crippen LogP contribution in [0.1, 0.15) is 10.4 Å². The van der Waals surface area contributed by atoms with Crippen LogP contribution in [0.15, 0.2) is 30.3 Å². The summed E-state index contributed by atoms with van der Waals surface area (Å²) < 4.78 is 22.3. The molecule has 0 saturated heterocycles. The lowest BCUT2D eigenvalue weighted by Crippen LogP contribution is -2.34. The molecule has 0 radical (unpaired) electrons. The zero-order valence-corrected chi connectivity index (χ0v) is 8.77. The lowest BCUT2D eigenvalue weighted by molar-refractivity contribution is -0.112. The molecule has 0 fully saturated rings. The fourth-order valence-corrected chi connectivity index (χ4v) is 1.55. The van der Waals surface area contributed by atoms with Crippen molar-refractivity contribution in [2.45, 2.75) is 0 Å². The van der Waals surface area contributed by atoms with Crippen LogP contribution in [0.3, 0.4) is 0 Å². The predicted octanol–water partition coefficient (Wildman–Crippen LogP) is 0.245. The van der Waals surface area contributed by atoms with Crippen molar-refractivity contribution in [3.63, 3.8) is 0 Å². The van der Waals surface area contributed by atoms with Gasteiger partial charge >= 0.3 is 0 Å². The Morgan fingerprint density at radius 2 is 1.80 bits per heavy atom.